The Morgan fingerprint density at radius 1 is 1.38 bits per heavy atom. The minimum Gasteiger partial charge on any atom is -0.469 e. The standard InChI is InChI=1S/C16H28N2O3/c1-11(2)10-13-16(20)18(9-8-14(19)21-3)15(17-13)12-6-4-5-7-12/h11-13,15,17H,4-10H2,1-3H3. The summed E-state index contributed by atoms with van der Waals surface area (Å²) in [6.07, 6.45) is 6.09. The van der Waals surface area contributed by atoms with E-state index in [0.717, 1.165) is 6.42 Å². The molecule has 0 bridgehead atoms. The Morgan fingerprint density at radius 3 is 2.62 bits per heavy atom. The van der Waals surface area contributed by atoms with E-state index in [1.807, 2.05) is 4.90 Å². The van der Waals surface area contributed by atoms with E-state index in [-0.39, 0.29) is 30.5 Å². The molecule has 0 aromatic heterocycles. The Balaban J connectivity index is 2.03. The van der Waals surface area contributed by atoms with Crippen LogP contribution in [0.25, 0.3) is 0 Å². The average molecular weight is 296 g/mol. The highest BCUT2D eigenvalue weighted by Crippen LogP contribution is 2.33. The van der Waals surface area contributed by atoms with Gasteiger partial charge in [-0.15, -0.1) is 0 Å². The third-order valence-corrected chi connectivity index (χ3v) is 4.63. The highest BCUT2D eigenvalue weighted by atomic mass is 16.5. The first kappa shape index (κ1) is 16.3. The molecular weight excluding hydrogens is 268 g/mol. The van der Waals surface area contributed by atoms with Crippen molar-refractivity contribution >= 4 is 11.9 Å². The lowest BCUT2D eigenvalue weighted by molar-refractivity contribution is -0.141. The van der Waals surface area contributed by atoms with Gasteiger partial charge in [-0.3, -0.25) is 14.9 Å². The van der Waals surface area contributed by atoms with Crippen LogP contribution >= 0.6 is 0 Å². The fourth-order valence-electron chi connectivity index (χ4n) is 3.57. The van der Waals surface area contributed by atoms with Crippen LogP contribution in [0.3, 0.4) is 0 Å². The molecular formula is C16H28N2O3. The Labute approximate surface area is 127 Å². The van der Waals surface area contributed by atoms with Gasteiger partial charge in [0.15, 0.2) is 0 Å². The molecule has 0 aromatic rings. The molecule has 5 heteroatoms. The smallest absolute Gasteiger partial charge is 0.307 e. The second kappa shape index (κ2) is 7.25. The predicted octanol–water partition coefficient (Wildman–Crippen LogP) is 1.91. The number of rotatable bonds is 6. The largest absolute Gasteiger partial charge is 0.469 e. The van der Waals surface area contributed by atoms with E-state index in [0.29, 0.717) is 18.4 Å². The number of amides is 1. The van der Waals surface area contributed by atoms with Crippen molar-refractivity contribution in [2.45, 2.75) is 64.6 Å². The number of nitrogens with one attached hydrogen (secondary N) is 1. The fraction of sp³-hybridized carbons (Fsp3) is 0.875. The van der Waals surface area contributed by atoms with Gasteiger partial charge < -0.3 is 9.64 Å². The number of hydrogen-bond donors (Lipinski definition) is 1. The van der Waals surface area contributed by atoms with Gasteiger partial charge in [-0.05, 0) is 31.1 Å². The molecule has 1 N–H and O–H groups in total. The lowest BCUT2D eigenvalue weighted by Crippen LogP contribution is -2.43. The van der Waals surface area contributed by atoms with Gasteiger partial charge in [0.05, 0.1) is 25.7 Å². The summed E-state index contributed by atoms with van der Waals surface area (Å²) >= 11 is 0. The summed E-state index contributed by atoms with van der Waals surface area (Å²) in [5.41, 5.74) is 0. The lowest BCUT2D eigenvalue weighted by atomic mass is 10.0. The van der Waals surface area contributed by atoms with Gasteiger partial charge in [0.2, 0.25) is 5.91 Å². The van der Waals surface area contributed by atoms with Crippen molar-refractivity contribution in [3.8, 4) is 0 Å². The maximum atomic E-state index is 12.6. The summed E-state index contributed by atoms with van der Waals surface area (Å²) in [6.45, 7) is 4.74. The van der Waals surface area contributed by atoms with Crippen molar-refractivity contribution in [2.75, 3.05) is 13.7 Å². The number of carbonyl (C=O) groups is 2. The zero-order chi connectivity index (χ0) is 15.4. The molecule has 1 amide bonds. The van der Waals surface area contributed by atoms with E-state index in [1.165, 1.54) is 32.8 Å². The molecule has 2 fully saturated rings. The van der Waals surface area contributed by atoms with Gasteiger partial charge in [-0.25, -0.2) is 0 Å². The van der Waals surface area contributed by atoms with E-state index < -0.39 is 0 Å². The van der Waals surface area contributed by atoms with Crippen molar-refractivity contribution in [1.29, 1.82) is 0 Å². The van der Waals surface area contributed by atoms with Crippen molar-refractivity contribution in [3.05, 3.63) is 0 Å². The first-order valence-corrected chi connectivity index (χ1v) is 8.16. The summed E-state index contributed by atoms with van der Waals surface area (Å²) < 4.78 is 4.70. The van der Waals surface area contributed by atoms with E-state index >= 15 is 0 Å². The van der Waals surface area contributed by atoms with Gasteiger partial charge in [0.25, 0.3) is 0 Å². The molecule has 2 unspecified atom stereocenters. The molecule has 0 spiro atoms. The van der Waals surface area contributed by atoms with E-state index in [4.69, 9.17) is 4.74 Å². The van der Waals surface area contributed by atoms with Crippen LogP contribution in [0.15, 0.2) is 0 Å². The molecule has 1 aliphatic carbocycles. The Kier molecular flexibility index (Phi) is 5.62. The summed E-state index contributed by atoms with van der Waals surface area (Å²) in [5.74, 6) is 0.921. The van der Waals surface area contributed by atoms with Gasteiger partial charge in [-0.1, -0.05) is 26.7 Å². The van der Waals surface area contributed by atoms with Gasteiger partial charge in [-0.2, -0.15) is 0 Å². The molecule has 0 aromatic carbocycles. The lowest BCUT2D eigenvalue weighted by Gasteiger charge is -2.28. The minimum atomic E-state index is -0.250. The topological polar surface area (TPSA) is 58.6 Å². The van der Waals surface area contributed by atoms with Gasteiger partial charge in [0.1, 0.15) is 0 Å². The Hall–Kier alpha value is -1.10. The minimum absolute atomic E-state index is 0.0896. The first-order chi connectivity index (χ1) is 10.0. The third-order valence-electron chi connectivity index (χ3n) is 4.63. The van der Waals surface area contributed by atoms with Crippen LogP contribution in [0.1, 0.15) is 52.4 Å². The monoisotopic (exact) mass is 296 g/mol. The van der Waals surface area contributed by atoms with Gasteiger partial charge >= 0.3 is 5.97 Å². The van der Waals surface area contributed by atoms with E-state index in [9.17, 15) is 9.59 Å². The summed E-state index contributed by atoms with van der Waals surface area (Å²) in [5, 5.41) is 3.53. The van der Waals surface area contributed by atoms with Crippen LogP contribution in [0.2, 0.25) is 0 Å². The molecule has 1 heterocycles. The highest BCUT2D eigenvalue weighted by Gasteiger charge is 2.43. The fourth-order valence-corrected chi connectivity index (χ4v) is 3.57. The van der Waals surface area contributed by atoms with E-state index in [1.54, 1.807) is 0 Å². The molecule has 120 valence electrons. The molecule has 1 saturated carbocycles. The zero-order valence-corrected chi connectivity index (χ0v) is 13.4. The van der Waals surface area contributed by atoms with Crippen molar-refractivity contribution < 1.29 is 14.3 Å². The predicted molar refractivity (Wildman–Crippen MR) is 80.5 cm³/mol. The number of ether oxygens (including phenoxy) is 1. The molecule has 1 saturated heterocycles. The SMILES string of the molecule is COC(=O)CCN1C(=O)C(CC(C)C)NC1C1CCCC1. The Bertz CT molecular complexity index is 378. The van der Waals surface area contributed by atoms with Crippen molar-refractivity contribution in [2.24, 2.45) is 11.8 Å². The first-order valence-electron chi connectivity index (χ1n) is 8.16. The van der Waals surface area contributed by atoms with E-state index in [2.05, 4.69) is 19.2 Å². The number of methoxy groups -OCH3 is 1. The van der Waals surface area contributed by atoms with Crippen LogP contribution in [0.4, 0.5) is 0 Å². The van der Waals surface area contributed by atoms with Gasteiger partial charge in [0, 0.05) is 6.54 Å². The number of carbonyl (C=O) groups excluding carboxylic acids is 2. The van der Waals surface area contributed by atoms with Crippen LogP contribution in [0, 0.1) is 11.8 Å². The molecule has 2 atom stereocenters. The van der Waals surface area contributed by atoms with Crippen molar-refractivity contribution in [1.82, 2.24) is 10.2 Å². The van der Waals surface area contributed by atoms with Crippen molar-refractivity contribution in [3.63, 3.8) is 0 Å². The molecule has 2 rings (SSSR count). The van der Waals surface area contributed by atoms with Crippen LogP contribution < -0.4 is 5.32 Å². The number of hydrogen-bond acceptors (Lipinski definition) is 4. The maximum Gasteiger partial charge on any atom is 0.307 e. The molecule has 0 radical (unpaired) electrons. The number of esters is 1. The van der Waals surface area contributed by atoms with Crippen LogP contribution in [-0.2, 0) is 14.3 Å². The second-order valence-corrected chi connectivity index (χ2v) is 6.70. The number of nitrogens with zero attached hydrogens (tertiary/aromatic N) is 1. The molecule has 2 aliphatic rings. The van der Waals surface area contributed by atoms with Crippen LogP contribution in [0.5, 0.6) is 0 Å². The summed E-state index contributed by atoms with van der Waals surface area (Å²) in [4.78, 5) is 25.9. The molecule has 5 nitrogen and oxygen atoms in total. The summed E-state index contributed by atoms with van der Waals surface area (Å²) in [6, 6.07) is -0.0896. The molecule has 1 aliphatic heterocycles. The van der Waals surface area contributed by atoms with Crippen LogP contribution in [-0.4, -0.2) is 42.6 Å². The second-order valence-electron chi connectivity index (χ2n) is 6.70. The Morgan fingerprint density at radius 2 is 2.05 bits per heavy atom. The molecule has 21 heavy (non-hydrogen) atoms. The average Bonchev–Trinajstić information content (AvgIpc) is 3.05. The maximum absolute atomic E-state index is 12.6. The third kappa shape index (κ3) is 3.96. The zero-order valence-electron chi connectivity index (χ0n) is 13.4. The summed E-state index contributed by atoms with van der Waals surface area (Å²) in [7, 11) is 1.39. The quantitative estimate of drug-likeness (QED) is 0.761. The highest BCUT2D eigenvalue weighted by molar-refractivity contribution is 5.84. The normalized spacial score (nSPS) is 26.9.